The van der Waals surface area contributed by atoms with E-state index in [-0.39, 0.29) is 5.82 Å². The van der Waals surface area contributed by atoms with Gasteiger partial charge in [-0.3, -0.25) is 0 Å². The molecule has 82 valence electrons. The average molecular weight is 299 g/mol. The maximum atomic E-state index is 13.0. The fourth-order valence-electron chi connectivity index (χ4n) is 1.26. The molecule has 16 heavy (non-hydrogen) atoms. The van der Waals surface area contributed by atoms with Gasteiger partial charge in [0.25, 0.3) is 0 Å². The van der Waals surface area contributed by atoms with Crippen LogP contribution in [-0.2, 0) is 0 Å². The minimum Gasteiger partial charge on any atom is -0.457 e. The number of rotatable bonds is 2. The zero-order valence-corrected chi connectivity index (χ0v) is 11.0. The van der Waals surface area contributed by atoms with E-state index in [0.717, 1.165) is 9.78 Å². The Kier molecular flexibility index (Phi) is 3.57. The van der Waals surface area contributed by atoms with Crippen molar-refractivity contribution in [3.8, 4) is 11.5 Å². The number of hydrogen-bond donors (Lipinski definition) is 0. The van der Waals surface area contributed by atoms with Crippen LogP contribution in [0.3, 0.4) is 0 Å². The van der Waals surface area contributed by atoms with E-state index >= 15 is 0 Å². The van der Waals surface area contributed by atoms with E-state index in [1.807, 2.05) is 18.2 Å². The van der Waals surface area contributed by atoms with E-state index in [9.17, 15) is 4.39 Å². The van der Waals surface area contributed by atoms with Crippen LogP contribution in [0.1, 0.15) is 0 Å². The molecule has 0 aromatic heterocycles. The third-order valence-electron chi connectivity index (χ3n) is 2.04. The fraction of sp³-hybridized carbons (Fsp3) is 0. The lowest BCUT2D eigenvalue weighted by Crippen LogP contribution is -1.99. The van der Waals surface area contributed by atoms with Gasteiger partial charge in [0.1, 0.15) is 17.3 Å². The minimum atomic E-state index is -0.308. The van der Waals surface area contributed by atoms with Crippen molar-refractivity contribution in [1.82, 2.24) is 0 Å². The first-order valence-corrected chi connectivity index (χ1v) is 6.01. The van der Waals surface area contributed by atoms with Crippen molar-refractivity contribution in [2.45, 2.75) is 0 Å². The normalized spacial score (nSPS) is 10.2. The molecule has 0 aliphatic heterocycles. The van der Waals surface area contributed by atoms with Gasteiger partial charge >= 0.3 is 0 Å². The SMILES string of the molecule is Fc1cccc(Oc2cccc(Br)c2P)c1. The summed E-state index contributed by atoms with van der Waals surface area (Å²) < 4.78 is 19.5. The second-order valence-corrected chi connectivity index (χ2v) is 4.64. The van der Waals surface area contributed by atoms with Crippen molar-refractivity contribution >= 4 is 30.5 Å². The Labute approximate surface area is 104 Å². The first kappa shape index (κ1) is 11.6. The molecule has 0 fully saturated rings. The smallest absolute Gasteiger partial charge is 0.135 e. The highest BCUT2D eigenvalue weighted by Crippen LogP contribution is 2.24. The van der Waals surface area contributed by atoms with Crippen LogP contribution in [0.15, 0.2) is 46.9 Å². The van der Waals surface area contributed by atoms with Crippen LogP contribution >= 0.6 is 25.2 Å². The summed E-state index contributed by atoms with van der Waals surface area (Å²) in [4.78, 5) is 0. The Hall–Kier alpha value is -0.920. The molecular formula is C12H9BrFOP. The van der Waals surface area contributed by atoms with Crippen molar-refractivity contribution in [2.24, 2.45) is 0 Å². The minimum absolute atomic E-state index is 0.308. The lowest BCUT2D eigenvalue weighted by molar-refractivity contribution is 0.480. The Morgan fingerprint density at radius 2 is 1.88 bits per heavy atom. The van der Waals surface area contributed by atoms with E-state index in [1.54, 1.807) is 12.1 Å². The van der Waals surface area contributed by atoms with Gasteiger partial charge in [-0.1, -0.05) is 28.1 Å². The summed E-state index contributed by atoms with van der Waals surface area (Å²) in [6, 6.07) is 11.7. The van der Waals surface area contributed by atoms with Gasteiger partial charge < -0.3 is 4.74 Å². The van der Waals surface area contributed by atoms with E-state index in [1.165, 1.54) is 12.1 Å². The molecule has 2 aromatic carbocycles. The van der Waals surface area contributed by atoms with Crippen molar-refractivity contribution in [2.75, 3.05) is 0 Å². The van der Waals surface area contributed by atoms with Gasteiger partial charge in [-0.25, -0.2) is 4.39 Å². The quantitative estimate of drug-likeness (QED) is 0.765. The average Bonchev–Trinajstić information content (AvgIpc) is 2.25. The van der Waals surface area contributed by atoms with Gasteiger partial charge in [0.2, 0.25) is 0 Å². The van der Waals surface area contributed by atoms with Crippen LogP contribution in [-0.4, -0.2) is 0 Å². The molecule has 2 aromatic rings. The van der Waals surface area contributed by atoms with Crippen LogP contribution < -0.4 is 10.0 Å². The van der Waals surface area contributed by atoms with Gasteiger partial charge in [-0.05, 0) is 24.3 Å². The Bertz CT molecular complexity index is 516. The van der Waals surface area contributed by atoms with Gasteiger partial charge in [0.15, 0.2) is 0 Å². The second kappa shape index (κ2) is 4.94. The highest BCUT2D eigenvalue weighted by Gasteiger charge is 2.04. The van der Waals surface area contributed by atoms with Gasteiger partial charge in [-0.15, -0.1) is 9.24 Å². The molecule has 0 aliphatic carbocycles. The van der Waals surface area contributed by atoms with Crippen LogP contribution in [0.5, 0.6) is 11.5 Å². The lowest BCUT2D eigenvalue weighted by Gasteiger charge is -2.09. The van der Waals surface area contributed by atoms with Crippen molar-refractivity contribution in [3.63, 3.8) is 0 Å². The van der Waals surface area contributed by atoms with E-state index in [0.29, 0.717) is 11.5 Å². The maximum absolute atomic E-state index is 13.0. The summed E-state index contributed by atoms with van der Waals surface area (Å²) in [6.45, 7) is 0. The molecule has 0 aliphatic rings. The first-order chi connectivity index (χ1) is 7.66. The van der Waals surface area contributed by atoms with E-state index in [2.05, 4.69) is 25.2 Å². The first-order valence-electron chi connectivity index (χ1n) is 4.64. The summed E-state index contributed by atoms with van der Waals surface area (Å²) in [5.74, 6) is 0.865. The predicted molar refractivity (Wildman–Crippen MR) is 70.0 cm³/mol. The zero-order chi connectivity index (χ0) is 11.5. The molecule has 0 heterocycles. The fourth-order valence-corrected chi connectivity index (χ4v) is 1.86. The summed E-state index contributed by atoms with van der Waals surface area (Å²) in [6.07, 6.45) is 0. The molecule has 0 spiro atoms. The van der Waals surface area contributed by atoms with Crippen molar-refractivity contribution < 1.29 is 9.13 Å². The molecule has 0 N–H and O–H groups in total. The second-order valence-electron chi connectivity index (χ2n) is 3.21. The number of ether oxygens (including phenoxy) is 1. The van der Waals surface area contributed by atoms with Crippen LogP contribution in [0.25, 0.3) is 0 Å². The Morgan fingerprint density at radius 1 is 1.12 bits per heavy atom. The Balaban J connectivity index is 2.31. The van der Waals surface area contributed by atoms with Gasteiger partial charge in [0.05, 0.1) is 0 Å². The maximum Gasteiger partial charge on any atom is 0.135 e. The number of hydrogen-bond acceptors (Lipinski definition) is 1. The third-order valence-corrected chi connectivity index (χ3v) is 3.75. The van der Waals surface area contributed by atoms with Gasteiger partial charge in [-0.2, -0.15) is 0 Å². The summed E-state index contributed by atoms with van der Waals surface area (Å²) >= 11 is 3.40. The summed E-state index contributed by atoms with van der Waals surface area (Å²) in [7, 11) is 2.59. The molecule has 0 saturated heterocycles. The monoisotopic (exact) mass is 298 g/mol. The standard InChI is InChI=1S/C12H9BrFOP/c13-10-5-2-6-11(12(10)16)15-9-4-1-3-8(14)7-9/h1-7H,16H2. The molecule has 1 unspecified atom stereocenters. The largest absolute Gasteiger partial charge is 0.457 e. The molecule has 4 heteroatoms. The summed E-state index contributed by atoms with van der Waals surface area (Å²) in [5, 5.41) is 0.909. The van der Waals surface area contributed by atoms with Crippen molar-refractivity contribution in [1.29, 1.82) is 0 Å². The molecule has 0 radical (unpaired) electrons. The molecule has 0 bridgehead atoms. The summed E-state index contributed by atoms with van der Waals surface area (Å²) in [5.41, 5.74) is 0. The van der Waals surface area contributed by atoms with E-state index < -0.39 is 0 Å². The third kappa shape index (κ3) is 2.60. The molecule has 0 amide bonds. The van der Waals surface area contributed by atoms with E-state index in [4.69, 9.17) is 4.74 Å². The van der Waals surface area contributed by atoms with Gasteiger partial charge in [0, 0.05) is 15.8 Å². The molecule has 0 saturated carbocycles. The number of halogens is 2. The molecular weight excluding hydrogens is 290 g/mol. The van der Waals surface area contributed by atoms with Crippen LogP contribution in [0, 0.1) is 5.82 Å². The predicted octanol–water partition coefficient (Wildman–Crippen LogP) is 3.88. The van der Waals surface area contributed by atoms with Crippen LogP contribution in [0.2, 0.25) is 0 Å². The Morgan fingerprint density at radius 3 is 2.62 bits per heavy atom. The molecule has 1 nitrogen and oxygen atoms in total. The molecule has 1 atom stereocenters. The van der Waals surface area contributed by atoms with Crippen LogP contribution in [0.4, 0.5) is 4.39 Å². The van der Waals surface area contributed by atoms with Crippen molar-refractivity contribution in [3.05, 3.63) is 52.8 Å². The molecule has 2 rings (SSSR count). The zero-order valence-electron chi connectivity index (χ0n) is 8.28. The lowest BCUT2D eigenvalue weighted by atomic mass is 10.3. The number of benzene rings is 2. The topological polar surface area (TPSA) is 9.23 Å². The highest BCUT2D eigenvalue weighted by atomic mass is 79.9. The highest BCUT2D eigenvalue weighted by molar-refractivity contribution is 9.10.